The first-order chi connectivity index (χ1) is 4.30. The molecule has 1 radical (unpaired) electrons. The van der Waals surface area contributed by atoms with E-state index in [4.69, 9.17) is 0 Å². The highest BCUT2D eigenvalue weighted by Crippen LogP contribution is 2.29. The van der Waals surface area contributed by atoms with Crippen LogP contribution in [0.15, 0.2) is 0 Å². The molecule has 1 atom stereocenters. The van der Waals surface area contributed by atoms with Gasteiger partial charge in [0.25, 0.3) is 0 Å². The molecule has 0 amide bonds. The van der Waals surface area contributed by atoms with Gasteiger partial charge in [-0.15, -0.1) is 0 Å². The fourth-order valence-corrected chi connectivity index (χ4v) is 1.67. The smallest absolute Gasteiger partial charge is 0.158 e. The quantitative estimate of drug-likeness (QED) is 0.534. The zero-order chi connectivity index (χ0) is 6.69. The topological polar surface area (TPSA) is 0 Å². The average molecular weight is 147 g/mol. The van der Waals surface area contributed by atoms with E-state index in [0.29, 0.717) is 0 Å². The van der Waals surface area contributed by atoms with Gasteiger partial charge in [-0.25, -0.2) is 4.39 Å². The molecule has 9 heavy (non-hydrogen) atoms. The maximum absolute atomic E-state index is 12.4. The summed E-state index contributed by atoms with van der Waals surface area (Å²) in [7, 11) is 0. The van der Waals surface area contributed by atoms with Gasteiger partial charge in [-0.1, -0.05) is 31.9 Å². The second kappa shape index (κ2) is 3.45. The van der Waals surface area contributed by atoms with E-state index in [1.54, 1.807) is 0 Å². The van der Waals surface area contributed by atoms with Crippen molar-refractivity contribution in [2.24, 2.45) is 5.92 Å². The van der Waals surface area contributed by atoms with Crippen LogP contribution >= 0.6 is 12.6 Å². The van der Waals surface area contributed by atoms with E-state index in [0.717, 1.165) is 12.8 Å². The Morgan fingerprint density at radius 2 is 1.78 bits per heavy atom. The summed E-state index contributed by atoms with van der Waals surface area (Å²) in [6, 6.07) is 0. The van der Waals surface area contributed by atoms with Gasteiger partial charge < -0.3 is 0 Å². The summed E-state index contributed by atoms with van der Waals surface area (Å²) < 4.78 is 12.4. The van der Waals surface area contributed by atoms with E-state index in [9.17, 15) is 4.39 Å². The molecule has 0 N–H and O–H groups in total. The molecule has 1 aliphatic rings. The SMILES string of the molecule is FC([S])C1CCCCC1. The molecule has 0 aromatic rings. The molecule has 0 heterocycles. The Kier molecular flexibility index (Phi) is 2.83. The van der Waals surface area contributed by atoms with Gasteiger partial charge in [-0.05, 0) is 12.8 Å². The van der Waals surface area contributed by atoms with E-state index in [2.05, 4.69) is 12.6 Å². The van der Waals surface area contributed by atoms with Crippen LogP contribution < -0.4 is 0 Å². The zero-order valence-corrected chi connectivity index (χ0v) is 6.29. The van der Waals surface area contributed by atoms with Crippen molar-refractivity contribution in [1.82, 2.24) is 0 Å². The fourth-order valence-electron chi connectivity index (χ4n) is 1.40. The summed E-state index contributed by atoms with van der Waals surface area (Å²) >= 11 is 4.53. The number of halogens is 1. The Balaban J connectivity index is 2.23. The Hall–Kier alpha value is 0.280. The van der Waals surface area contributed by atoms with Crippen LogP contribution in [-0.2, 0) is 0 Å². The first kappa shape index (κ1) is 7.39. The molecule has 0 aromatic heterocycles. The highest BCUT2D eigenvalue weighted by Gasteiger charge is 2.19. The second-order valence-electron chi connectivity index (χ2n) is 2.75. The van der Waals surface area contributed by atoms with Crippen LogP contribution in [0.5, 0.6) is 0 Å². The fraction of sp³-hybridized carbons (Fsp3) is 1.00. The monoisotopic (exact) mass is 147 g/mol. The number of hydrogen-bond donors (Lipinski definition) is 0. The third-order valence-corrected chi connectivity index (χ3v) is 2.41. The molecule has 0 saturated heterocycles. The molecule has 1 unspecified atom stereocenters. The van der Waals surface area contributed by atoms with Crippen molar-refractivity contribution in [2.75, 3.05) is 0 Å². The summed E-state index contributed by atoms with van der Waals surface area (Å²) in [5.74, 6) is 0.203. The lowest BCUT2D eigenvalue weighted by Crippen LogP contribution is -2.13. The lowest BCUT2D eigenvalue weighted by atomic mass is 9.90. The van der Waals surface area contributed by atoms with Gasteiger partial charge in [-0.3, -0.25) is 0 Å². The van der Waals surface area contributed by atoms with Crippen LogP contribution in [0.1, 0.15) is 32.1 Å². The van der Waals surface area contributed by atoms with Crippen molar-refractivity contribution in [3.05, 3.63) is 0 Å². The van der Waals surface area contributed by atoms with E-state index < -0.39 is 5.50 Å². The summed E-state index contributed by atoms with van der Waals surface area (Å²) in [6.45, 7) is 0. The number of hydrogen-bond acceptors (Lipinski definition) is 0. The summed E-state index contributed by atoms with van der Waals surface area (Å²) in [6.07, 6.45) is 5.68. The largest absolute Gasteiger partial charge is 0.234 e. The third kappa shape index (κ3) is 2.17. The predicted molar refractivity (Wildman–Crippen MR) is 39.1 cm³/mol. The summed E-state index contributed by atoms with van der Waals surface area (Å²) in [5.41, 5.74) is -0.981. The van der Waals surface area contributed by atoms with Crippen molar-refractivity contribution >= 4 is 12.6 Å². The zero-order valence-electron chi connectivity index (χ0n) is 5.48. The van der Waals surface area contributed by atoms with Gasteiger partial charge in [0.15, 0.2) is 5.50 Å². The molecule has 0 aliphatic heterocycles. The molecule has 0 spiro atoms. The number of rotatable bonds is 1. The third-order valence-electron chi connectivity index (χ3n) is 2.02. The first-order valence-corrected chi connectivity index (χ1v) is 4.08. The van der Waals surface area contributed by atoms with Crippen LogP contribution in [-0.4, -0.2) is 5.50 Å². The molecular weight excluding hydrogens is 135 g/mol. The molecule has 53 valence electrons. The minimum atomic E-state index is -0.981. The van der Waals surface area contributed by atoms with Crippen LogP contribution in [0.4, 0.5) is 4.39 Å². The van der Waals surface area contributed by atoms with Crippen LogP contribution in [0.2, 0.25) is 0 Å². The Morgan fingerprint density at radius 1 is 1.22 bits per heavy atom. The van der Waals surface area contributed by atoms with Crippen LogP contribution in [0.3, 0.4) is 0 Å². The van der Waals surface area contributed by atoms with Gasteiger partial charge in [0.1, 0.15) is 0 Å². The van der Waals surface area contributed by atoms with Gasteiger partial charge >= 0.3 is 0 Å². The molecule has 0 nitrogen and oxygen atoms in total. The average Bonchev–Trinajstić information content (AvgIpc) is 1.90. The highest BCUT2D eigenvalue weighted by atomic mass is 32.1. The van der Waals surface area contributed by atoms with Crippen molar-refractivity contribution in [3.63, 3.8) is 0 Å². The van der Waals surface area contributed by atoms with Gasteiger partial charge in [0.2, 0.25) is 0 Å². The minimum absolute atomic E-state index is 0.203. The predicted octanol–water partition coefficient (Wildman–Crippen LogP) is 3.06. The minimum Gasteiger partial charge on any atom is -0.234 e. The van der Waals surface area contributed by atoms with Crippen molar-refractivity contribution in [1.29, 1.82) is 0 Å². The molecule has 1 saturated carbocycles. The van der Waals surface area contributed by atoms with E-state index in [-0.39, 0.29) is 5.92 Å². The summed E-state index contributed by atoms with van der Waals surface area (Å²) in [4.78, 5) is 0. The van der Waals surface area contributed by atoms with E-state index in [1.165, 1.54) is 19.3 Å². The maximum Gasteiger partial charge on any atom is 0.158 e. The van der Waals surface area contributed by atoms with Crippen LogP contribution in [0, 0.1) is 5.92 Å². The lowest BCUT2D eigenvalue weighted by Gasteiger charge is -2.21. The van der Waals surface area contributed by atoms with Crippen molar-refractivity contribution < 1.29 is 4.39 Å². The first-order valence-electron chi connectivity index (χ1n) is 3.60. The lowest BCUT2D eigenvalue weighted by molar-refractivity contribution is 0.256. The molecule has 0 aromatic carbocycles. The second-order valence-corrected chi connectivity index (χ2v) is 3.20. The van der Waals surface area contributed by atoms with Crippen molar-refractivity contribution in [2.45, 2.75) is 37.6 Å². The number of alkyl halides is 1. The van der Waals surface area contributed by atoms with Gasteiger partial charge in [-0.2, -0.15) is 0 Å². The maximum atomic E-state index is 12.4. The van der Waals surface area contributed by atoms with E-state index in [1.807, 2.05) is 0 Å². The van der Waals surface area contributed by atoms with Crippen LogP contribution in [0.25, 0.3) is 0 Å². The van der Waals surface area contributed by atoms with E-state index >= 15 is 0 Å². The normalized spacial score (nSPS) is 26.0. The van der Waals surface area contributed by atoms with Gasteiger partial charge in [0.05, 0.1) is 0 Å². The highest BCUT2D eigenvalue weighted by molar-refractivity contribution is 7.80. The standard InChI is InChI=1S/C7H12FS/c8-7(9)6-4-2-1-3-5-6/h6-7H,1-5H2. The molecule has 1 rings (SSSR count). The molecule has 1 aliphatic carbocycles. The molecule has 2 heteroatoms. The molecule has 0 bridgehead atoms. The Labute approximate surface area is 61.2 Å². The molecular formula is C7H12FS. The summed E-state index contributed by atoms with van der Waals surface area (Å²) in [5, 5.41) is 0. The Bertz CT molecular complexity index is 77.0. The Morgan fingerprint density at radius 3 is 2.11 bits per heavy atom. The van der Waals surface area contributed by atoms with Gasteiger partial charge in [0, 0.05) is 5.92 Å². The molecule has 1 fully saturated rings. The van der Waals surface area contributed by atoms with Crippen molar-refractivity contribution in [3.8, 4) is 0 Å².